The van der Waals surface area contributed by atoms with E-state index in [1.165, 1.54) is 0 Å². The highest BCUT2D eigenvalue weighted by Gasteiger charge is 2.70. The van der Waals surface area contributed by atoms with Gasteiger partial charge in [0.25, 0.3) is 0 Å². The zero-order valence-electron chi connectivity index (χ0n) is 14.0. The highest BCUT2D eigenvalue weighted by atomic mass is 35.5. The summed E-state index contributed by atoms with van der Waals surface area (Å²) in [5, 5.41) is 0. The standard InChI is InChI=1S/C18H21Cl2NO4/c1-24-13-5-3-12(4-6-13)11-21-15-17(23)25-18(15,8-2-9-19)14(7-10-20)16(21)22/h3-6,14-15H,2,7-11H2,1H3/t14-,15?,18-/m0/s1. The summed E-state index contributed by atoms with van der Waals surface area (Å²) >= 11 is 11.7. The molecule has 0 N–H and O–H groups in total. The summed E-state index contributed by atoms with van der Waals surface area (Å²) in [6, 6.07) is 6.92. The van der Waals surface area contributed by atoms with Gasteiger partial charge in [0.2, 0.25) is 5.91 Å². The second kappa shape index (κ2) is 7.42. The Morgan fingerprint density at radius 1 is 1.20 bits per heavy atom. The summed E-state index contributed by atoms with van der Waals surface area (Å²) in [6.45, 7) is 0.365. The van der Waals surface area contributed by atoms with Gasteiger partial charge in [0.15, 0.2) is 11.6 Å². The van der Waals surface area contributed by atoms with Crippen molar-refractivity contribution >= 4 is 35.1 Å². The molecule has 0 saturated carbocycles. The summed E-state index contributed by atoms with van der Waals surface area (Å²) in [5.74, 6) is 0.756. The lowest BCUT2D eigenvalue weighted by Gasteiger charge is -2.46. The quantitative estimate of drug-likeness (QED) is 0.509. The number of carbonyl (C=O) groups excluding carboxylic acids is 2. The predicted molar refractivity (Wildman–Crippen MR) is 94.9 cm³/mol. The number of likely N-dealkylation sites (tertiary alicyclic amines) is 1. The molecule has 1 aromatic rings. The van der Waals surface area contributed by atoms with Crippen LogP contribution < -0.4 is 4.74 Å². The number of esters is 1. The molecule has 2 fully saturated rings. The molecule has 2 saturated heterocycles. The molecule has 3 atom stereocenters. The second-order valence-corrected chi connectivity index (χ2v) is 7.17. The van der Waals surface area contributed by atoms with E-state index in [1.54, 1.807) is 12.0 Å². The van der Waals surface area contributed by atoms with E-state index in [-0.39, 0.29) is 11.9 Å². The molecule has 2 aliphatic rings. The molecule has 7 heteroatoms. The Bertz CT molecular complexity index is 651. The molecule has 136 valence electrons. The molecule has 0 radical (unpaired) electrons. The Morgan fingerprint density at radius 3 is 2.48 bits per heavy atom. The summed E-state index contributed by atoms with van der Waals surface area (Å²) in [5.41, 5.74) is 0.163. The molecule has 3 rings (SSSR count). The minimum atomic E-state index is -0.773. The number of alkyl halides is 2. The fourth-order valence-electron chi connectivity index (χ4n) is 3.91. The van der Waals surface area contributed by atoms with E-state index in [9.17, 15) is 9.59 Å². The van der Waals surface area contributed by atoms with Crippen molar-refractivity contribution in [3.05, 3.63) is 29.8 Å². The third-order valence-electron chi connectivity index (χ3n) is 5.07. The van der Waals surface area contributed by atoms with Gasteiger partial charge in [-0.3, -0.25) is 4.79 Å². The van der Waals surface area contributed by atoms with E-state index in [4.69, 9.17) is 32.7 Å². The van der Waals surface area contributed by atoms with Crippen LogP contribution in [0.3, 0.4) is 0 Å². The van der Waals surface area contributed by atoms with Crippen LogP contribution in [-0.2, 0) is 20.9 Å². The lowest BCUT2D eigenvalue weighted by molar-refractivity contribution is -0.212. The molecule has 2 aliphatic heterocycles. The highest BCUT2D eigenvalue weighted by Crippen LogP contribution is 2.50. The van der Waals surface area contributed by atoms with Crippen molar-refractivity contribution in [2.75, 3.05) is 18.9 Å². The Balaban J connectivity index is 1.85. The van der Waals surface area contributed by atoms with Crippen molar-refractivity contribution in [1.29, 1.82) is 0 Å². The number of fused-ring (bicyclic) bond motifs is 1. The van der Waals surface area contributed by atoms with E-state index in [0.717, 1.165) is 11.3 Å². The van der Waals surface area contributed by atoms with Gasteiger partial charge < -0.3 is 14.4 Å². The Kier molecular flexibility index (Phi) is 5.44. The molecule has 0 bridgehead atoms. The molecule has 1 amide bonds. The number of halogens is 2. The number of hydrogen-bond acceptors (Lipinski definition) is 4. The zero-order chi connectivity index (χ0) is 18.0. The van der Waals surface area contributed by atoms with Gasteiger partial charge in [0.05, 0.1) is 13.0 Å². The first-order chi connectivity index (χ1) is 12.1. The van der Waals surface area contributed by atoms with Gasteiger partial charge in [-0.2, -0.15) is 0 Å². The Morgan fingerprint density at radius 2 is 1.92 bits per heavy atom. The minimum absolute atomic E-state index is 0.0677. The molecule has 2 heterocycles. The third kappa shape index (κ3) is 3.08. The Labute approximate surface area is 157 Å². The number of carbonyl (C=O) groups is 2. The van der Waals surface area contributed by atoms with E-state index in [0.29, 0.717) is 37.6 Å². The molecular weight excluding hydrogens is 365 g/mol. The van der Waals surface area contributed by atoms with Crippen LogP contribution in [0.25, 0.3) is 0 Å². The third-order valence-corrected chi connectivity index (χ3v) is 5.56. The number of ether oxygens (including phenoxy) is 2. The number of methoxy groups -OCH3 is 1. The van der Waals surface area contributed by atoms with Gasteiger partial charge in [0, 0.05) is 18.3 Å². The summed E-state index contributed by atoms with van der Waals surface area (Å²) in [6.07, 6.45) is 1.76. The molecule has 1 unspecified atom stereocenters. The van der Waals surface area contributed by atoms with E-state index < -0.39 is 17.6 Å². The molecule has 0 aromatic heterocycles. The van der Waals surface area contributed by atoms with Crippen LogP contribution in [0.5, 0.6) is 5.75 Å². The van der Waals surface area contributed by atoms with Crippen molar-refractivity contribution < 1.29 is 19.1 Å². The van der Waals surface area contributed by atoms with Crippen molar-refractivity contribution in [3.8, 4) is 5.75 Å². The maximum atomic E-state index is 13.0. The number of benzene rings is 1. The van der Waals surface area contributed by atoms with Crippen molar-refractivity contribution in [2.24, 2.45) is 5.92 Å². The topological polar surface area (TPSA) is 55.8 Å². The maximum absolute atomic E-state index is 13.0. The van der Waals surface area contributed by atoms with Gasteiger partial charge in [-0.05, 0) is 37.0 Å². The van der Waals surface area contributed by atoms with Gasteiger partial charge in [0.1, 0.15) is 5.75 Å². The summed E-state index contributed by atoms with van der Waals surface area (Å²) < 4.78 is 10.7. The average Bonchev–Trinajstić information content (AvgIpc) is 2.79. The first-order valence-electron chi connectivity index (χ1n) is 8.35. The van der Waals surface area contributed by atoms with E-state index in [2.05, 4.69) is 0 Å². The van der Waals surface area contributed by atoms with Gasteiger partial charge in [-0.1, -0.05) is 12.1 Å². The average molecular weight is 386 g/mol. The predicted octanol–water partition coefficient (Wildman–Crippen LogP) is 2.97. The Hall–Kier alpha value is -1.46. The van der Waals surface area contributed by atoms with Crippen molar-refractivity contribution in [1.82, 2.24) is 4.90 Å². The van der Waals surface area contributed by atoms with Crippen LogP contribution in [0.1, 0.15) is 24.8 Å². The molecular formula is C18H21Cl2NO4. The molecule has 1 aromatic carbocycles. The maximum Gasteiger partial charge on any atom is 0.333 e. The first-order valence-corrected chi connectivity index (χ1v) is 9.42. The van der Waals surface area contributed by atoms with Crippen LogP contribution >= 0.6 is 23.2 Å². The lowest BCUT2D eigenvalue weighted by atomic mass is 9.76. The van der Waals surface area contributed by atoms with Crippen molar-refractivity contribution in [3.63, 3.8) is 0 Å². The van der Waals surface area contributed by atoms with Gasteiger partial charge in [-0.25, -0.2) is 4.79 Å². The molecule has 0 spiro atoms. The molecule has 25 heavy (non-hydrogen) atoms. The van der Waals surface area contributed by atoms with Gasteiger partial charge >= 0.3 is 5.97 Å². The smallest absolute Gasteiger partial charge is 0.333 e. The van der Waals surface area contributed by atoms with Crippen LogP contribution in [0.4, 0.5) is 0 Å². The van der Waals surface area contributed by atoms with Crippen molar-refractivity contribution in [2.45, 2.75) is 37.5 Å². The van der Waals surface area contributed by atoms with Crippen LogP contribution in [0.2, 0.25) is 0 Å². The van der Waals surface area contributed by atoms with E-state index >= 15 is 0 Å². The summed E-state index contributed by atoms with van der Waals surface area (Å²) in [4.78, 5) is 26.8. The SMILES string of the molecule is COc1ccc(CN2C(=O)[C@H](CCCl)[C@]3(CCCCl)OC(=O)C23)cc1. The lowest BCUT2D eigenvalue weighted by Crippen LogP contribution is -2.65. The molecule has 5 nitrogen and oxygen atoms in total. The number of nitrogens with zero attached hydrogens (tertiary/aromatic N) is 1. The number of amides is 1. The first kappa shape index (κ1) is 18.3. The van der Waals surface area contributed by atoms with Crippen LogP contribution in [-0.4, -0.2) is 47.3 Å². The van der Waals surface area contributed by atoms with Crippen LogP contribution in [0, 0.1) is 5.92 Å². The van der Waals surface area contributed by atoms with E-state index in [1.807, 2.05) is 24.3 Å². The molecule has 0 aliphatic carbocycles. The van der Waals surface area contributed by atoms with Gasteiger partial charge in [-0.15, -0.1) is 23.2 Å². The largest absolute Gasteiger partial charge is 0.497 e. The van der Waals surface area contributed by atoms with Crippen LogP contribution in [0.15, 0.2) is 24.3 Å². The highest BCUT2D eigenvalue weighted by molar-refractivity contribution is 6.18. The number of rotatable bonds is 8. The zero-order valence-corrected chi connectivity index (χ0v) is 15.6. The second-order valence-electron chi connectivity index (χ2n) is 6.42. The number of hydrogen-bond donors (Lipinski definition) is 0. The normalized spacial score (nSPS) is 27.7. The summed E-state index contributed by atoms with van der Waals surface area (Å²) in [7, 11) is 1.60. The monoisotopic (exact) mass is 385 g/mol. The fraction of sp³-hybridized carbons (Fsp3) is 0.556. The fourth-order valence-corrected chi connectivity index (χ4v) is 4.26. The minimum Gasteiger partial charge on any atom is -0.497 e.